The monoisotopic (exact) mass is 573 g/mol. The van der Waals surface area contributed by atoms with Gasteiger partial charge in [-0.15, -0.1) is 11.3 Å². The molecule has 39 heavy (non-hydrogen) atoms. The molecular formula is C23H21F6N7O2S. The molecule has 2 amide bonds. The van der Waals surface area contributed by atoms with Crippen molar-refractivity contribution >= 4 is 39.1 Å². The quantitative estimate of drug-likeness (QED) is 0.296. The fourth-order valence-electron chi connectivity index (χ4n) is 4.06. The van der Waals surface area contributed by atoms with Crippen LogP contribution in [0.25, 0.3) is 21.3 Å². The van der Waals surface area contributed by atoms with Gasteiger partial charge in [0.2, 0.25) is 5.91 Å². The Morgan fingerprint density at radius 2 is 1.69 bits per heavy atom. The number of aromatic nitrogens is 5. The second-order valence-electron chi connectivity index (χ2n) is 8.55. The topological polar surface area (TPSA) is 121 Å². The lowest BCUT2D eigenvalue weighted by Gasteiger charge is -2.12. The zero-order valence-electron chi connectivity index (χ0n) is 20.7. The first-order chi connectivity index (χ1) is 18.1. The lowest BCUT2D eigenvalue weighted by Crippen LogP contribution is -2.19. The number of halogens is 6. The number of hydrogen-bond donors (Lipinski definition) is 2. The summed E-state index contributed by atoms with van der Waals surface area (Å²) in [5.41, 5.74) is 4.09. The standard InChI is InChI=1S/C23H21F6N7O2S/c1-4-35-11(3)13(9-31-35)12-8-14(22(24,25)26)32-21-17(12)18(19(39-21)20(30)38)33-16(37)5-6-36-10(2)7-15(34-36)23(27,28)29/h7-9H,4-6H2,1-3H3,(H2,30,38)(H,33,37). The zero-order chi connectivity index (χ0) is 28.9. The summed E-state index contributed by atoms with van der Waals surface area (Å²) in [7, 11) is 0. The molecule has 0 spiro atoms. The van der Waals surface area contributed by atoms with Crippen molar-refractivity contribution in [1.29, 1.82) is 0 Å². The van der Waals surface area contributed by atoms with Crippen LogP contribution in [0.1, 0.15) is 45.8 Å². The highest BCUT2D eigenvalue weighted by molar-refractivity contribution is 7.21. The van der Waals surface area contributed by atoms with Gasteiger partial charge in [-0.3, -0.25) is 19.0 Å². The molecule has 0 saturated carbocycles. The molecule has 0 bridgehead atoms. The number of alkyl halides is 6. The third-order valence-electron chi connectivity index (χ3n) is 5.96. The summed E-state index contributed by atoms with van der Waals surface area (Å²) in [6.45, 7) is 5.06. The number of thiophene rings is 1. The number of anilines is 1. The first-order valence-corrected chi connectivity index (χ1v) is 12.2. The van der Waals surface area contributed by atoms with Crippen molar-refractivity contribution in [2.45, 2.75) is 52.6 Å². The third kappa shape index (κ3) is 5.46. The summed E-state index contributed by atoms with van der Waals surface area (Å²) in [5.74, 6) is -1.74. The number of nitrogens with two attached hydrogens (primary N) is 1. The van der Waals surface area contributed by atoms with Crippen molar-refractivity contribution in [1.82, 2.24) is 24.5 Å². The minimum atomic E-state index is -4.81. The molecule has 0 unspecified atom stereocenters. The van der Waals surface area contributed by atoms with Gasteiger partial charge in [0.15, 0.2) is 5.69 Å². The second kappa shape index (κ2) is 9.98. The molecule has 3 N–H and O–H groups in total. The maximum atomic E-state index is 13.7. The number of nitrogens with zero attached hydrogens (tertiary/aromatic N) is 5. The van der Waals surface area contributed by atoms with Gasteiger partial charge in [-0.05, 0) is 38.5 Å². The lowest BCUT2D eigenvalue weighted by atomic mass is 10.0. The predicted octanol–water partition coefficient (Wildman–Crippen LogP) is 5.16. The molecule has 0 radical (unpaired) electrons. The number of primary amides is 1. The highest BCUT2D eigenvalue weighted by atomic mass is 32.1. The first kappa shape index (κ1) is 28.1. The number of fused-ring (bicyclic) bond motifs is 1. The molecular weight excluding hydrogens is 552 g/mol. The highest BCUT2D eigenvalue weighted by Crippen LogP contribution is 2.44. The van der Waals surface area contributed by atoms with Crippen LogP contribution in [0.4, 0.5) is 32.0 Å². The molecule has 4 aromatic heterocycles. The molecule has 0 saturated heterocycles. The molecule has 0 aliphatic heterocycles. The molecule has 208 valence electrons. The van der Waals surface area contributed by atoms with Crippen molar-refractivity contribution < 1.29 is 35.9 Å². The Hall–Kier alpha value is -3.95. The number of aryl methyl sites for hydroxylation is 3. The molecule has 4 aromatic rings. The number of hydrogen-bond acceptors (Lipinski definition) is 6. The molecule has 0 fully saturated rings. The van der Waals surface area contributed by atoms with Crippen LogP contribution >= 0.6 is 11.3 Å². The number of carbonyl (C=O) groups is 2. The number of amides is 2. The molecule has 0 aromatic carbocycles. The molecule has 0 aliphatic carbocycles. The van der Waals surface area contributed by atoms with Crippen LogP contribution < -0.4 is 11.1 Å². The summed E-state index contributed by atoms with van der Waals surface area (Å²) < 4.78 is 82.6. The van der Waals surface area contributed by atoms with Crippen LogP contribution in [0, 0.1) is 13.8 Å². The molecule has 4 rings (SSSR count). The summed E-state index contributed by atoms with van der Waals surface area (Å²) in [6, 6.07) is 1.65. The van der Waals surface area contributed by atoms with Gasteiger partial charge < -0.3 is 11.1 Å². The largest absolute Gasteiger partial charge is 0.435 e. The van der Waals surface area contributed by atoms with E-state index in [1.807, 2.05) is 0 Å². The Morgan fingerprint density at radius 1 is 1.03 bits per heavy atom. The minimum Gasteiger partial charge on any atom is -0.365 e. The van der Waals surface area contributed by atoms with Crippen LogP contribution in [0.5, 0.6) is 0 Å². The van der Waals surface area contributed by atoms with Gasteiger partial charge in [0.25, 0.3) is 5.91 Å². The minimum absolute atomic E-state index is 0.0290. The Bertz CT molecular complexity index is 1580. The van der Waals surface area contributed by atoms with Crippen molar-refractivity contribution in [3.63, 3.8) is 0 Å². The van der Waals surface area contributed by atoms with Crippen LogP contribution in [-0.2, 0) is 30.2 Å². The van der Waals surface area contributed by atoms with Gasteiger partial charge in [-0.2, -0.15) is 36.5 Å². The van der Waals surface area contributed by atoms with E-state index in [-0.39, 0.29) is 45.0 Å². The van der Waals surface area contributed by atoms with Crippen LogP contribution in [-0.4, -0.2) is 36.4 Å². The van der Waals surface area contributed by atoms with E-state index in [0.29, 0.717) is 29.1 Å². The van der Waals surface area contributed by atoms with E-state index >= 15 is 0 Å². The maximum absolute atomic E-state index is 13.7. The summed E-state index contributed by atoms with van der Waals surface area (Å²) in [4.78, 5) is 28.4. The summed E-state index contributed by atoms with van der Waals surface area (Å²) >= 11 is 0.584. The smallest absolute Gasteiger partial charge is 0.365 e. The van der Waals surface area contributed by atoms with Gasteiger partial charge in [-0.1, -0.05) is 0 Å². The van der Waals surface area contributed by atoms with Crippen molar-refractivity contribution in [3.8, 4) is 11.1 Å². The normalized spacial score (nSPS) is 12.3. The van der Waals surface area contributed by atoms with E-state index in [4.69, 9.17) is 5.73 Å². The average Bonchev–Trinajstić information content (AvgIpc) is 3.51. The fourth-order valence-corrected chi connectivity index (χ4v) is 5.07. The third-order valence-corrected chi connectivity index (χ3v) is 7.05. The molecule has 4 heterocycles. The molecule has 16 heteroatoms. The molecule has 0 atom stereocenters. The van der Waals surface area contributed by atoms with E-state index in [0.717, 1.165) is 16.8 Å². The Morgan fingerprint density at radius 3 is 2.23 bits per heavy atom. The van der Waals surface area contributed by atoms with Crippen LogP contribution in [0.2, 0.25) is 0 Å². The lowest BCUT2D eigenvalue weighted by molar-refractivity contribution is -0.142. The summed E-state index contributed by atoms with van der Waals surface area (Å²) in [5, 5.41) is 10.2. The van der Waals surface area contributed by atoms with Crippen LogP contribution in [0.15, 0.2) is 18.3 Å². The first-order valence-electron chi connectivity index (χ1n) is 11.4. The Labute approximate surface area is 220 Å². The zero-order valence-corrected chi connectivity index (χ0v) is 21.5. The van der Waals surface area contributed by atoms with E-state index in [9.17, 15) is 35.9 Å². The van der Waals surface area contributed by atoms with Crippen molar-refractivity contribution in [2.24, 2.45) is 5.73 Å². The maximum Gasteiger partial charge on any atom is 0.435 e. The van der Waals surface area contributed by atoms with Gasteiger partial charge >= 0.3 is 12.4 Å². The fraction of sp³-hybridized carbons (Fsp3) is 0.348. The SMILES string of the molecule is CCn1ncc(-c2cc(C(F)(F)F)nc3sc(C(N)=O)c(NC(=O)CCn4nc(C(F)(F)F)cc4C)c23)c1C. The van der Waals surface area contributed by atoms with E-state index in [1.165, 1.54) is 13.1 Å². The summed E-state index contributed by atoms with van der Waals surface area (Å²) in [6.07, 6.45) is -8.45. The van der Waals surface area contributed by atoms with Crippen molar-refractivity contribution in [3.05, 3.63) is 46.0 Å². The van der Waals surface area contributed by atoms with Gasteiger partial charge in [0.1, 0.15) is 15.4 Å². The van der Waals surface area contributed by atoms with Gasteiger partial charge in [0.05, 0.1) is 11.9 Å². The predicted molar refractivity (Wildman–Crippen MR) is 130 cm³/mol. The van der Waals surface area contributed by atoms with Crippen LogP contribution in [0.3, 0.4) is 0 Å². The number of nitrogens with one attached hydrogen (secondary N) is 1. The average molecular weight is 574 g/mol. The van der Waals surface area contributed by atoms with Gasteiger partial charge in [-0.25, -0.2) is 4.98 Å². The second-order valence-corrected chi connectivity index (χ2v) is 9.55. The Kier molecular flexibility index (Phi) is 7.18. The van der Waals surface area contributed by atoms with E-state index < -0.39 is 35.6 Å². The highest BCUT2D eigenvalue weighted by Gasteiger charge is 2.36. The molecule has 9 nitrogen and oxygen atoms in total. The van der Waals surface area contributed by atoms with E-state index in [2.05, 4.69) is 20.5 Å². The number of pyridine rings is 1. The van der Waals surface area contributed by atoms with Gasteiger partial charge in [0, 0.05) is 41.8 Å². The van der Waals surface area contributed by atoms with Crippen molar-refractivity contribution in [2.75, 3.05) is 5.32 Å². The number of rotatable bonds is 7. The Balaban J connectivity index is 1.78. The van der Waals surface area contributed by atoms with E-state index in [1.54, 1.807) is 18.5 Å². The number of carbonyl (C=O) groups excluding carboxylic acids is 2. The molecule has 0 aliphatic rings.